The SMILES string of the molecule is CCC1CN(c2nc(C)ccc2/C(N)=N/O)CCS1. The van der Waals surface area contributed by atoms with E-state index in [1.807, 2.05) is 30.8 Å². The summed E-state index contributed by atoms with van der Waals surface area (Å²) in [5, 5.41) is 12.6. The smallest absolute Gasteiger partial charge is 0.173 e. The number of anilines is 1. The van der Waals surface area contributed by atoms with Gasteiger partial charge in [0, 0.05) is 29.8 Å². The molecule has 0 spiro atoms. The van der Waals surface area contributed by atoms with Crippen LogP contribution in [-0.4, -0.2) is 40.1 Å². The molecule has 2 rings (SSSR count). The van der Waals surface area contributed by atoms with Crippen LogP contribution in [0.3, 0.4) is 0 Å². The van der Waals surface area contributed by atoms with Gasteiger partial charge < -0.3 is 15.8 Å². The molecule has 1 aromatic heterocycles. The Morgan fingerprint density at radius 1 is 1.63 bits per heavy atom. The maximum atomic E-state index is 8.89. The molecule has 1 atom stereocenters. The minimum atomic E-state index is 0.119. The molecule has 0 bridgehead atoms. The third-order valence-corrected chi connectivity index (χ3v) is 4.66. The topological polar surface area (TPSA) is 74.7 Å². The summed E-state index contributed by atoms with van der Waals surface area (Å²) in [6.07, 6.45) is 1.14. The number of thioether (sulfide) groups is 1. The van der Waals surface area contributed by atoms with Crippen molar-refractivity contribution in [2.45, 2.75) is 25.5 Å². The Morgan fingerprint density at radius 2 is 2.42 bits per heavy atom. The van der Waals surface area contributed by atoms with Gasteiger partial charge in [0.1, 0.15) is 5.82 Å². The molecule has 2 heterocycles. The zero-order valence-electron chi connectivity index (χ0n) is 11.3. The van der Waals surface area contributed by atoms with Gasteiger partial charge in [-0.1, -0.05) is 12.1 Å². The van der Waals surface area contributed by atoms with Crippen molar-refractivity contribution in [3.05, 3.63) is 23.4 Å². The highest BCUT2D eigenvalue weighted by molar-refractivity contribution is 8.00. The second-order valence-corrected chi connectivity index (χ2v) is 6.06. The van der Waals surface area contributed by atoms with E-state index in [-0.39, 0.29) is 5.84 Å². The lowest BCUT2D eigenvalue weighted by Crippen LogP contribution is -2.39. The maximum Gasteiger partial charge on any atom is 0.173 e. The minimum Gasteiger partial charge on any atom is -0.409 e. The fourth-order valence-corrected chi connectivity index (χ4v) is 3.38. The summed E-state index contributed by atoms with van der Waals surface area (Å²) >= 11 is 2.01. The Hall–Kier alpha value is -1.43. The molecule has 0 radical (unpaired) electrons. The molecule has 3 N–H and O–H groups in total. The zero-order chi connectivity index (χ0) is 13.8. The average Bonchev–Trinajstić information content (AvgIpc) is 2.46. The van der Waals surface area contributed by atoms with Crippen LogP contribution in [0.2, 0.25) is 0 Å². The maximum absolute atomic E-state index is 8.89. The highest BCUT2D eigenvalue weighted by atomic mass is 32.2. The molecule has 0 aromatic carbocycles. The molecule has 5 nitrogen and oxygen atoms in total. The minimum absolute atomic E-state index is 0.119. The number of hydrogen-bond acceptors (Lipinski definition) is 5. The first kappa shape index (κ1) is 14.0. The van der Waals surface area contributed by atoms with Crippen LogP contribution >= 0.6 is 11.8 Å². The van der Waals surface area contributed by atoms with Crippen LogP contribution in [0.4, 0.5) is 5.82 Å². The number of hydrogen-bond donors (Lipinski definition) is 2. The molecular formula is C13H20N4OS. The predicted octanol–water partition coefficient (Wildman–Crippen LogP) is 1.82. The van der Waals surface area contributed by atoms with Gasteiger partial charge in [-0.2, -0.15) is 11.8 Å². The van der Waals surface area contributed by atoms with Crippen LogP contribution in [0.25, 0.3) is 0 Å². The lowest BCUT2D eigenvalue weighted by Gasteiger charge is -2.33. The van der Waals surface area contributed by atoms with Crippen LogP contribution in [-0.2, 0) is 0 Å². The second kappa shape index (κ2) is 6.14. The average molecular weight is 280 g/mol. The molecule has 1 saturated heterocycles. The van der Waals surface area contributed by atoms with Gasteiger partial charge in [-0.15, -0.1) is 0 Å². The van der Waals surface area contributed by atoms with Gasteiger partial charge in [0.05, 0.1) is 5.56 Å². The fourth-order valence-electron chi connectivity index (χ4n) is 2.20. The molecule has 1 unspecified atom stereocenters. The highest BCUT2D eigenvalue weighted by Gasteiger charge is 2.23. The van der Waals surface area contributed by atoms with Crippen LogP contribution in [0.5, 0.6) is 0 Å². The number of aromatic nitrogens is 1. The summed E-state index contributed by atoms with van der Waals surface area (Å²) in [7, 11) is 0. The van der Waals surface area contributed by atoms with Crippen molar-refractivity contribution in [3.63, 3.8) is 0 Å². The van der Waals surface area contributed by atoms with E-state index < -0.39 is 0 Å². The van der Waals surface area contributed by atoms with E-state index in [4.69, 9.17) is 10.9 Å². The van der Waals surface area contributed by atoms with Gasteiger partial charge >= 0.3 is 0 Å². The first-order chi connectivity index (χ1) is 9.15. The molecule has 1 fully saturated rings. The van der Waals surface area contributed by atoms with E-state index in [1.165, 1.54) is 0 Å². The summed E-state index contributed by atoms with van der Waals surface area (Å²) < 4.78 is 0. The highest BCUT2D eigenvalue weighted by Crippen LogP contribution is 2.27. The summed E-state index contributed by atoms with van der Waals surface area (Å²) in [4.78, 5) is 6.82. The monoisotopic (exact) mass is 280 g/mol. The summed E-state index contributed by atoms with van der Waals surface area (Å²) in [5.41, 5.74) is 7.39. The van der Waals surface area contributed by atoms with Crippen molar-refractivity contribution in [3.8, 4) is 0 Å². The molecule has 1 aliphatic heterocycles. The number of oxime groups is 1. The lowest BCUT2D eigenvalue weighted by atomic mass is 10.2. The van der Waals surface area contributed by atoms with Crippen LogP contribution < -0.4 is 10.6 Å². The quantitative estimate of drug-likeness (QED) is 0.382. The lowest BCUT2D eigenvalue weighted by molar-refractivity contribution is 0.318. The number of aryl methyl sites for hydroxylation is 1. The van der Waals surface area contributed by atoms with E-state index in [9.17, 15) is 0 Å². The first-order valence-corrected chi connectivity index (χ1v) is 7.52. The van der Waals surface area contributed by atoms with Gasteiger partial charge in [0.25, 0.3) is 0 Å². The third-order valence-electron chi connectivity index (χ3n) is 3.29. The van der Waals surface area contributed by atoms with Gasteiger partial charge in [0.2, 0.25) is 0 Å². The number of nitrogens with zero attached hydrogens (tertiary/aromatic N) is 3. The predicted molar refractivity (Wildman–Crippen MR) is 80.2 cm³/mol. The largest absolute Gasteiger partial charge is 0.409 e. The Balaban J connectivity index is 2.34. The first-order valence-electron chi connectivity index (χ1n) is 6.47. The molecular weight excluding hydrogens is 260 g/mol. The van der Waals surface area contributed by atoms with Gasteiger partial charge in [0.15, 0.2) is 5.84 Å². The van der Waals surface area contributed by atoms with Crippen molar-refractivity contribution in [1.82, 2.24) is 4.98 Å². The van der Waals surface area contributed by atoms with E-state index in [0.717, 1.165) is 36.8 Å². The van der Waals surface area contributed by atoms with Crippen molar-refractivity contribution >= 4 is 23.4 Å². The molecule has 1 aromatic rings. The van der Waals surface area contributed by atoms with Gasteiger partial charge in [-0.05, 0) is 25.5 Å². The van der Waals surface area contributed by atoms with E-state index in [1.54, 1.807) is 0 Å². The number of nitrogens with two attached hydrogens (primary N) is 1. The van der Waals surface area contributed by atoms with E-state index in [2.05, 4.69) is 22.0 Å². The van der Waals surface area contributed by atoms with Crippen molar-refractivity contribution in [1.29, 1.82) is 0 Å². The number of amidine groups is 1. The summed E-state index contributed by atoms with van der Waals surface area (Å²) in [6, 6.07) is 3.75. The van der Waals surface area contributed by atoms with Crippen LogP contribution in [0.1, 0.15) is 24.6 Å². The van der Waals surface area contributed by atoms with Crippen molar-refractivity contribution < 1.29 is 5.21 Å². The van der Waals surface area contributed by atoms with E-state index in [0.29, 0.717) is 10.8 Å². The van der Waals surface area contributed by atoms with E-state index >= 15 is 0 Å². The van der Waals surface area contributed by atoms with Crippen molar-refractivity contribution in [2.24, 2.45) is 10.9 Å². The molecule has 0 saturated carbocycles. The fraction of sp³-hybridized carbons (Fsp3) is 0.538. The zero-order valence-corrected chi connectivity index (χ0v) is 12.2. The Bertz CT molecular complexity index is 478. The molecule has 6 heteroatoms. The molecule has 0 amide bonds. The molecule has 19 heavy (non-hydrogen) atoms. The molecule has 1 aliphatic rings. The summed E-state index contributed by atoms with van der Waals surface area (Å²) in [5.74, 6) is 2.03. The van der Waals surface area contributed by atoms with Gasteiger partial charge in [-0.25, -0.2) is 4.98 Å². The Labute approximate surface area is 117 Å². The molecule has 0 aliphatic carbocycles. The third kappa shape index (κ3) is 3.12. The normalized spacial score (nSPS) is 20.6. The Morgan fingerprint density at radius 3 is 3.11 bits per heavy atom. The Kier molecular flexibility index (Phi) is 4.52. The summed E-state index contributed by atoms with van der Waals surface area (Å²) in [6.45, 7) is 6.07. The van der Waals surface area contributed by atoms with Crippen LogP contribution in [0.15, 0.2) is 17.3 Å². The van der Waals surface area contributed by atoms with Crippen LogP contribution in [0, 0.1) is 6.92 Å². The molecule has 104 valence electrons. The van der Waals surface area contributed by atoms with Gasteiger partial charge in [-0.3, -0.25) is 0 Å². The van der Waals surface area contributed by atoms with Crippen molar-refractivity contribution in [2.75, 3.05) is 23.7 Å². The number of rotatable bonds is 3. The standard InChI is InChI=1S/C13H20N4OS/c1-3-10-8-17(6-7-19-10)13-11(12(14)16-18)5-4-9(2)15-13/h4-5,10,18H,3,6-8H2,1-2H3,(H2,14,16). The second-order valence-electron chi connectivity index (χ2n) is 4.66. The number of pyridine rings is 1.